The number of nitrogens with one attached hydrogen (secondary N) is 1. The number of carbonyl (C=O) groups excluding carboxylic acids is 1. The molecule has 0 aliphatic rings. The van der Waals surface area contributed by atoms with Crippen molar-refractivity contribution in [3.8, 4) is 0 Å². The Balaban J connectivity index is 3.20. The van der Waals surface area contributed by atoms with E-state index in [1.54, 1.807) is 0 Å². The molecule has 0 fully saturated rings. The molecule has 18 heavy (non-hydrogen) atoms. The van der Waals surface area contributed by atoms with Crippen molar-refractivity contribution in [3.05, 3.63) is 28.8 Å². The highest BCUT2D eigenvalue weighted by atomic mass is 79.9. The fourth-order valence-electron chi connectivity index (χ4n) is 1.15. The van der Waals surface area contributed by atoms with Gasteiger partial charge in [0.2, 0.25) is 5.91 Å². The minimum absolute atomic E-state index is 0.157. The molecule has 0 aliphatic heterocycles. The number of hydrogen-bond acceptors (Lipinski definition) is 1. The SMILES string of the molecule is CC(C)(Br)C(=O)Nc1c(Cl)cccc1C(F)(F)F. The van der Waals surface area contributed by atoms with Crippen molar-refractivity contribution in [3.63, 3.8) is 0 Å². The predicted molar refractivity (Wildman–Crippen MR) is 68.1 cm³/mol. The van der Waals surface area contributed by atoms with Gasteiger partial charge in [0.25, 0.3) is 0 Å². The zero-order chi connectivity index (χ0) is 14.1. The summed E-state index contributed by atoms with van der Waals surface area (Å²) in [4.78, 5) is 11.7. The summed E-state index contributed by atoms with van der Waals surface area (Å²) < 4.78 is 37.3. The Morgan fingerprint density at radius 3 is 2.33 bits per heavy atom. The third kappa shape index (κ3) is 3.62. The number of rotatable bonds is 2. The standard InChI is InChI=1S/C11H10BrClF3NO/c1-10(2,12)9(18)17-8-6(11(14,15)16)4-3-5-7(8)13/h3-5H,1-2H3,(H,17,18). The first-order valence-corrected chi connectivity index (χ1v) is 6.06. The highest BCUT2D eigenvalue weighted by molar-refractivity contribution is 9.10. The van der Waals surface area contributed by atoms with E-state index in [1.165, 1.54) is 26.0 Å². The van der Waals surface area contributed by atoms with Gasteiger partial charge in [-0.25, -0.2) is 0 Å². The molecule has 0 aliphatic carbocycles. The van der Waals surface area contributed by atoms with Crippen molar-refractivity contribution in [1.29, 1.82) is 0 Å². The first kappa shape index (κ1) is 15.3. The van der Waals surface area contributed by atoms with Crippen molar-refractivity contribution in [2.24, 2.45) is 0 Å². The van der Waals surface area contributed by atoms with E-state index in [0.717, 1.165) is 6.07 Å². The van der Waals surface area contributed by atoms with Crippen LogP contribution >= 0.6 is 27.5 Å². The quantitative estimate of drug-likeness (QED) is 0.788. The van der Waals surface area contributed by atoms with Crippen molar-refractivity contribution < 1.29 is 18.0 Å². The second-order valence-corrected chi connectivity index (χ2v) is 6.48. The van der Waals surface area contributed by atoms with Gasteiger partial charge in [0.05, 0.1) is 20.6 Å². The maximum atomic E-state index is 12.8. The fourth-order valence-corrected chi connectivity index (χ4v) is 1.47. The van der Waals surface area contributed by atoms with Crippen LogP contribution in [0, 0.1) is 0 Å². The molecule has 0 bridgehead atoms. The average Bonchev–Trinajstić information content (AvgIpc) is 2.17. The summed E-state index contributed by atoms with van der Waals surface area (Å²) in [5, 5.41) is 2.03. The summed E-state index contributed by atoms with van der Waals surface area (Å²) in [5.41, 5.74) is -1.40. The molecule has 0 aromatic heterocycles. The molecule has 7 heteroatoms. The maximum Gasteiger partial charge on any atom is 0.418 e. The van der Waals surface area contributed by atoms with Crippen LogP contribution in [0.3, 0.4) is 0 Å². The summed E-state index contributed by atoms with van der Waals surface area (Å²) in [7, 11) is 0. The molecule has 0 atom stereocenters. The molecule has 0 unspecified atom stereocenters. The summed E-state index contributed by atoms with van der Waals surface area (Å²) in [6.45, 7) is 3.04. The van der Waals surface area contributed by atoms with Crippen LogP contribution in [0.2, 0.25) is 5.02 Å². The Bertz CT molecular complexity index is 468. The van der Waals surface area contributed by atoms with Crippen LogP contribution in [0.5, 0.6) is 0 Å². The van der Waals surface area contributed by atoms with Crippen LogP contribution < -0.4 is 5.32 Å². The number of carbonyl (C=O) groups is 1. The van der Waals surface area contributed by atoms with Crippen molar-refractivity contribution in [2.75, 3.05) is 5.32 Å². The van der Waals surface area contributed by atoms with Gasteiger partial charge >= 0.3 is 6.18 Å². The second-order valence-electron chi connectivity index (χ2n) is 4.09. The number of anilines is 1. The maximum absolute atomic E-state index is 12.8. The van der Waals surface area contributed by atoms with Gasteiger partial charge < -0.3 is 5.32 Å². The first-order valence-electron chi connectivity index (χ1n) is 4.89. The van der Waals surface area contributed by atoms with Gasteiger partial charge in [-0.05, 0) is 26.0 Å². The Morgan fingerprint density at radius 1 is 1.33 bits per heavy atom. The predicted octanol–water partition coefficient (Wildman–Crippen LogP) is 4.47. The zero-order valence-electron chi connectivity index (χ0n) is 9.53. The Labute approximate surface area is 116 Å². The molecule has 0 radical (unpaired) electrons. The molecule has 100 valence electrons. The van der Waals surface area contributed by atoms with Crippen molar-refractivity contribution >= 4 is 39.1 Å². The van der Waals surface area contributed by atoms with Crippen LogP contribution in [0.25, 0.3) is 0 Å². The third-order valence-corrected chi connectivity index (χ3v) is 2.77. The van der Waals surface area contributed by atoms with E-state index in [-0.39, 0.29) is 5.02 Å². The van der Waals surface area contributed by atoms with Gasteiger partial charge in [0.1, 0.15) is 0 Å². The minimum atomic E-state index is -4.58. The summed E-state index contributed by atoms with van der Waals surface area (Å²) in [5.74, 6) is -0.610. The molecule has 1 rings (SSSR count). The molecule has 0 saturated carbocycles. The van der Waals surface area contributed by atoms with Crippen LogP contribution in [0.15, 0.2) is 18.2 Å². The average molecular weight is 345 g/mol. The number of hydrogen-bond donors (Lipinski definition) is 1. The lowest BCUT2D eigenvalue weighted by atomic mass is 10.1. The highest BCUT2D eigenvalue weighted by Gasteiger charge is 2.36. The van der Waals surface area contributed by atoms with Gasteiger partial charge in [-0.2, -0.15) is 13.2 Å². The van der Waals surface area contributed by atoms with Crippen LogP contribution in [-0.2, 0) is 11.0 Å². The molecule has 0 spiro atoms. The lowest BCUT2D eigenvalue weighted by Gasteiger charge is -2.19. The lowest BCUT2D eigenvalue weighted by Crippen LogP contribution is -2.32. The van der Waals surface area contributed by atoms with E-state index in [9.17, 15) is 18.0 Å². The fraction of sp³-hybridized carbons (Fsp3) is 0.364. The van der Waals surface area contributed by atoms with Gasteiger partial charge in [0.15, 0.2) is 0 Å². The van der Waals surface area contributed by atoms with Crippen LogP contribution in [0.1, 0.15) is 19.4 Å². The molecule has 0 heterocycles. The van der Waals surface area contributed by atoms with Crippen molar-refractivity contribution in [1.82, 2.24) is 0 Å². The molecule has 1 N–H and O–H groups in total. The van der Waals surface area contributed by atoms with E-state index >= 15 is 0 Å². The molecular formula is C11H10BrClF3NO. The van der Waals surface area contributed by atoms with Gasteiger partial charge in [-0.15, -0.1) is 0 Å². The number of amides is 1. The Kier molecular flexibility index (Phi) is 4.33. The monoisotopic (exact) mass is 343 g/mol. The summed E-state index contributed by atoms with van der Waals surface area (Å²) in [6.07, 6.45) is -4.58. The van der Waals surface area contributed by atoms with Crippen LogP contribution in [-0.4, -0.2) is 10.2 Å². The van der Waals surface area contributed by atoms with Gasteiger partial charge in [0, 0.05) is 0 Å². The molecule has 0 saturated heterocycles. The smallest absolute Gasteiger partial charge is 0.323 e. The van der Waals surface area contributed by atoms with E-state index in [1.807, 2.05) is 0 Å². The molecule has 2 nitrogen and oxygen atoms in total. The highest BCUT2D eigenvalue weighted by Crippen LogP contribution is 2.39. The number of halogens is 5. The van der Waals surface area contributed by atoms with E-state index in [4.69, 9.17) is 11.6 Å². The molecular weight excluding hydrogens is 334 g/mol. The third-order valence-electron chi connectivity index (χ3n) is 2.10. The Hall–Kier alpha value is -0.750. The first-order chi connectivity index (χ1) is 8.03. The Morgan fingerprint density at radius 2 is 1.89 bits per heavy atom. The van der Waals surface area contributed by atoms with E-state index < -0.39 is 27.7 Å². The topological polar surface area (TPSA) is 29.1 Å². The number of benzene rings is 1. The minimum Gasteiger partial charge on any atom is -0.323 e. The van der Waals surface area contributed by atoms with Crippen LogP contribution in [0.4, 0.5) is 18.9 Å². The van der Waals surface area contributed by atoms with Gasteiger partial charge in [-0.1, -0.05) is 33.6 Å². The van der Waals surface area contributed by atoms with Crippen molar-refractivity contribution in [2.45, 2.75) is 24.3 Å². The zero-order valence-corrected chi connectivity index (χ0v) is 11.9. The number of alkyl halides is 4. The molecule has 1 amide bonds. The summed E-state index contributed by atoms with van der Waals surface area (Å²) >= 11 is 8.76. The largest absolute Gasteiger partial charge is 0.418 e. The second kappa shape index (κ2) is 5.09. The summed E-state index contributed by atoms with van der Waals surface area (Å²) in [6, 6.07) is 3.33. The molecule has 1 aromatic rings. The van der Waals surface area contributed by atoms with E-state index in [0.29, 0.717) is 0 Å². The number of para-hydroxylation sites is 1. The lowest BCUT2D eigenvalue weighted by molar-refractivity contribution is -0.137. The normalized spacial score (nSPS) is 12.4. The van der Waals surface area contributed by atoms with Gasteiger partial charge in [-0.3, -0.25) is 4.79 Å². The molecule has 1 aromatic carbocycles. The van der Waals surface area contributed by atoms with E-state index in [2.05, 4.69) is 21.2 Å².